The van der Waals surface area contributed by atoms with Gasteiger partial charge in [-0.3, -0.25) is 0 Å². The zero-order chi connectivity index (χ0) is 15.3. The van der Waals surface area contributed by atoms with Crippen LogP contribution in [0.2, 0.25) is 0 Å². The van der Waals surface area contributed by atoms with E-state index in [1.54, 1.807) is 24.3 Å². The Morgan fingerprint density at radius 1 is 1.10 bits per heavy atom. The van der Waals surface area contributed by atoms with Crippen molar-refractivity contribution in [2.45, 2.75) is 25.3 Å². The monoisotopic (exact) mass is 305 g/mol. The van der Waals surface area contributed by atoms with Crippen molar-refractivity contribution in [3.05, 3.63) is 59.7 Å². The Morgan fingerprint density at radius 2 is 1.81 bits per heavy atom. The molecule has 2 aromatic rings. The molecule has 0 saturated carbocycles. The van der Waals surface area contributed by atoms with Crippen LogP contribution in [0.4, 0.5) is 0 Å². The van der Waals surface area contributed by atoms with Gasteiger partial charge in [0.2, 0.25) is 10.0 Å². The van der Waals surface area contributed by atoms with Gasteiger partial charge in [-0.1, -0.05) is 29.8 Å². The number of rotatable bonds is 6. The molecular formula is C16H19NO3S. The van der Waals surface area contributed by atoms with Crippen LogP contribution in [0, 0.1) is 6.92 Å². The smallest absolute Gasteiger partial charge is 0.240 e. The molecule has 112 valence electrons. The molecule has 0 atom stereocenters. The third-order valence-electron chi connectivity index (χ3n) is 2.99. The minimum absolute atomic E-state index is 0.235. The van der Waals surface area contributed by atoms with Gasteiger partial charge in [-0.2, -0.15) is 0 Å². The van der Waals surface area contributed by atoms with Gasteiger partial charge in [-0.05, 0) is 43.7 Å². The average Bonchev–Trinajstić information content (AvgIpc) is 2.46. The van der Waals surface area contributed by atoms with Crippen LogP contribution in [-0.2, 0) is 16.6 Å². The number of hydrogen-bond donors (Lipinski definition) is 1. The quantitative estimate of drug-likeness (QED) is 0.893. The standard InChI is InChI=1S/C16H19NO3S/c1-3-20-15-7-9-16(10-8-15)21(18,19)17-12-14-6-4-5-13(2)11-14/h4-11,17H,3,12H2,1-2H3. The summed E-state index contributed by atoms with van der Waals surface area (Å²) < 4.78 is 32.3. The lowest BCUT2D eigenvalue weighted by molar-refractivity contribution is 0.340. The number of nitrogens with one attached hydrogen (secondary N) is 1. The summed E-state index contributed by atoms with van der Waals surface area (Å²) in [6, 6.07) is 14.2. The SMILES string of the molecule is CCOc1ccc(S(=O)(=O)NCc2cccc(C)c2)cc1. The van der Waals surface area contributed by atoms with Gasteiger partial charge in [0.15, 0.2) is 0 Å². The lowest BCUT2D eigenvalue weighted by atomic mass is 10.1. The second-order valence-electron chi connectivity index (χ2n) is 4.72. The molecule has 0 unspecified atom stereocenters. The number of ether oxygens (including phenoxy) is 1. The van der Waals surface area contributed by atoms with Gasteiger partial charge < -0.3 is 4.74 Å². The topological polar surface area (TPSA) is 55.4 Å². The summed E-state index contributed by atoms with van der Waals surface area (Å²) in [4.78, 5) is 0.235. The zero-order valence-electron chi connectivity index (χ0n) is 12.2. The number of hydrogen-bond acceptors (Lipinski definition) is 3. The van der Waals surface area contributed by atoms with Gasteiger partial charge in [0.25, 0.3) is 0 Å². The van der Waals surface area contributed by atoms with Gasteiger partial charge in [-0.25, -0.2) is 13.1 Å². The molecule has 0 aliphatic heterocycles. The molecule has 0 heterocycles. The first-order valence-electron chi connectivity index (χ1n) is 6.79. The highest BCUT2D eigenvalue weighted by atomic mass is 32.2. The van der Waals surface area contributed by atoms with E-state index in [4.69, 9.17) is 4.74 Å². The van der Waals surface area contributed by atoms with Crippen molar-refractivity contribution in [1.29, 1.82) is 0 Å². The van der Waals surface area contributed by atoms with Gasteiger partial charge >= 0.3 is 0 Å². The van der Waals surface area contributed by atoms with Crippen molar-refractivity contribution in [2.75, 3.05) is 6.61 Å². The molecule has 21 heavy (non-hydrogen) atoms. The summed E-state index contributed by atoms with van der Waals surface area (Å²) in [6.45, 7) is 4.69. The van der Waals surface area contributed by atoms with Crippen LogP contribution < -0.4 is 9.46 Å². The maximum atomic E-state index is 12.2. The van der Waals surface area contributed by atoms with E-state index < -0.39 is 10.0 Å². The van der Waals surface area contributed by atoms with Crippen LogP contribution in [0.15, 0.2) is 53.4 Å². The van der Waals surface area contributed by atoms with Crippen molar-refractivity contribution in [2.24, 2.45) is 0 Å². The Morgan fingerprint density at radius 3 is 2.43 bits per heavy atom. The molecule has 0 saturated heterocycles. The Bertz CT molecular complexity index is 694. The largest absolute Gasteiger partial charge is 0.494 e. The second kappa shape index (κ2) is 6.74. The molecule has 0 radical (unpaired) electrons. The first-order valence-corrected chi connectivity index (χ1v) is 8.27. The predicted molar refractivity (Wildman–Crippen MR) is 82.8 cm³/mol. The Balaban J connectivity index is 2.07. The molecule has 0 aliphatic rings. The maximum absolute atomic E-state index is 12.2. The highest BCUT2D eigenvalue weighted by molar-refractivity contribution is 7.89. The van der Waals surface area contributed by atoms with Gasteiger partial charge in [0.05, 0.1) is 11.5 Å². The van der Waals surface area contributed by atoms with E-state index in [2.05, 4.69) is 4.72 Å². The number of sulfonamides is 1. The summed E-state index contributed by atoms with van der Waals surface area (Å²) in [7, 11) is -3.51. The molecular weight excluding hydrogens is 286 g/mol. The fourth-order valence-corrected chi connectivity index (χ4v) is 2.98. The minimum atomic E-state index is -3.51. The zero-order valence-corrected chi connectivity index (χ0v) is 13.0. The van der Waals surface area contributed by atoms with Gasteiger partial charge in [0.1, 0.15) is 5.75 Å². The van der Waals surface area contributed by atoms with E-state index in [0.717, 1.165) is 11.1 Å². The Kier molecular flexibility index (Phi) is 4.98. The third-order valence-corrected chi connectivity index (χ3v) is 4.41. The Hall–Kier alpha value is -1.85. The highest BCUT2D eigenvalue weighted by Crippen LogP contribution is 2.16. The third kappa shape index (κ3) is 4.31. The number of aryl methyl sites for hydroxylation is 1. The van der Waals surface area contributed by atoms with Crippen molar-refractivity contribution < 1.29 is 13.2 Å². The van der Waals surface area contributed by atoms with Crippen LogP contribution in [0.25, 0.3) is 0 Å². The van der Waals surface area contributed by atoms with Gasteiger partial charge in [-0.15, -0.1) is 0 Å². The summed E-state index contributed by atoms with van der Waals surface area (Å²) in [5.41, 5.74) is 2.04. The molecule has 0 aromatic heterocycles. The molecule has 2 rings (SSSR count). The normalized spacial score (nSPS) is 11.3. The lowest BCUT2D eigenvalue weighted by Gasteiger charge is -2.08. The summed E-state index contributed by atoms with van der Waals surface area (Å²) in [5.74, 6) is 0.662. The second-order valence-corrected chi connectivity index (χ2v) is 6.48. The van der Waals surface area contributed by atoms with E-state index in [1.807, 2.05) is 38.1 Å². The molecule has 0 amide bonds. The molecule has 0 bridgehead atoms. The minimum Gasteiger partial charge on any atom is -0.494 e. The molecule has 4 nitrogen and oxygen atoms in total. The predicted octanol–water partition coefficient (Wildman–Crippen LogP) is 2.87. The molecule has 5 heteroatoms. The molecule has 2 aromatic carbocycles. The molecule has 0 spiro atoms. The fourth-order valence-electron chi connectivity index (χ4n) is 1.97. The van der Waals surface area contributed by atoms with Gasteiger partial charge in [0, 0.05) is 6.54 Å². The molecule has 1 N–H and O–H groups in total. The van der Waals surface area contributed by atoms with Crippen molar-refractivity contribution in [1.82, 2.24) is 4.72 Å². The van der Waals surface area contributed by atoms with Crippen LogP contribution in [0.3, 0.4) is 0 Å². The van der Waals surface area contributed by atoms with E-state index in [-0.39, 0.29) is 11.4 Å². The highest BCUT2D eigenvalue weighted by Gasteiger charge is 2.13. The molecule has 0 aliphatic carbocycles. The van der Waals surface area contributed by atoms with Crippen LogP contribution in [-0.4, -0.2) is 15.0 Å². The number of benzene rings is 2. The summed E-state index contributed by atoms with van der Waals surface area (Å²) in [6.07, 6.45) is 0. The van der Waals surface area contributed by atoms with Crippen molar-refractivity contribution in [3.63, 3.8) is 0 Å². The first-order chi connectivity index (χ1) is 10.0. The van der Waals surface area contributed by atoms with Crippen LogP contribution in [0.1, 0.15) is 18.1 Å². The van der Waals surface area contributed by atoms with Crippen molar-refractivity contribution in [3.8, 4) is 5.75 Å². The van der Waals surface area contributed by atoms with E-state index in [1.165, 1.54) is 0 Å². The van der Waals surface area contributed by atoms with Crippen LogP contribution in [0.5, 0.6) is 5.75 Å². The fraction of sp³-hybridized carbons (Fsp3) is 0.250. The van der Waals surface area contributed by atoms with E-state index in [9.17, 15) is 8.42 Å². The van der Waals surface area contributed by atoms with E-state index in [0.29, 0.717) is 12.4 Å². The molecule has 0 fully saturated rings. The first kappa shape index (κ1) is 15.5. The summed E-state index contributed by atoms with van der Waals surface area (Å²) in [5, 5.41) is 0. The lowest BCUT2D eigenvalue weighted by Crippen LogP contribution is -2.23. The van der Waals surface area contributed by atoms with Crippen LogP contribution >= 0.6 is 0 Å². The average molecular weight is 305 g/mol. The summed E-state index contributed by atoms with van der Waals surface area (Å²) >= 11 is 0. The van der Waals surface area contributed by atoms with Crippen molar-refractivity contribution >= 4 is 10.0 Å². The Labute approximate surface area is 125 Å². The van der Waals surface area contributed by atoms with E-state index >= 15 is 0 Å². The maximum Gasteiger partial charge on any atom is 0.240 e.